The van der Waals surface area contributed by atoms with Crippen LogP contribution in [0.3, 0.4) is 0 Å². The molecule has 134 valence electrons. The second-order valence-corrected chi connectivity index (χ2v) is 8.28. The molecular formula is C21H30N4. The standard InChI is InChI=1S/C21H30N4/c1-15-10-12-25(13-11-15)20-14-19(22-16(2)23-20)24-18-8-6-17(7-9-18)21(3,4)5/h6-9,14-15H,10-13H2,1-5H3,(H,22,23,24). The Morgan fingerprint density at radius 3 is 2.28 bits per heavy atom. The summed E-state index contributed by atoms with van der Waals surface area (Å²) in [6, 6.07) is 10.7. The van der Waals surface area contributed by atoms with Crippen LogP contribution in [0.4, 0.5) is 17.3 Å². The van der Waals surface area contributed by atoms with Crippen molar-refractivity contribution in [2.24, 2.45) is 5.92 Å². The maximum Gasteiger partial charge on any atom is 0.136 e. The van der Waals surface area contributed by atoms with Crippen LogP contribution < -0.4 is 10.2 Å². The zero-order valence-corrected chi connectivity index (χ0v) is 16.1. The van der Waals surface area contributed by atoms with Gasteiger partial charge in [-0.3, -0.25) is 0 Å². The topological polar surface area (TPSA) is 41.1 Å². The zero-order valence-electron chi connectivity index (χ0n) is 16.1. The molecule has 2 heterocycles. The van der Waals surface area contributed by atoms with E-state index in [0.29, 0.717) is 0 Å². The van der Waals surface area contributed by atoms with E-state index < -0.39 is 0 Å². The van der Waals surface area contributed by atoms with Gasteiger partial charge in [-0.15, -0.1) is 0 Å². The fourth-order valence-corrected chi connectivity index (χ4v) is 3.22. The molecule has 4 heteroatoms. The van der Waals surface area contributed by atoms with Gasteiger partial charge < -0.3 is 10.2 Å². The van der Waals surface area contributed by atoms with Crippen molar-refractivity contribution in [3.05, 3.63) is 41.7 Å². The summed E-state index contributed by atoms with van der Waals surface area (Å²) in [5, 5.41) is 3.43. The molecule has 1 aliphatic rings. The van der Waals surface area contributed by atoms with Crippen LogP contribution in [-0.4, -0.2) is 23.1 Å². The summed E-state index contributed by atoms with van der Waals surface area (Å²) in [6.07, 6.45) is 2.47. The van der Waals surface area contributed by atoms with Crippen LogP contribution in [0.15, 0.2) is 30.3 Å². The molecule has 1 aromatic heterocycles. The van der Waals surface area contributed by atoms with Crippen molar-refractivity contribution in [2.75, 3.05) is 23.3 Å². The van der Waals surface area contributed by atoms with E-state index in [4.69, 9.17) is 0 Å². The summed E-state index contributed by atoms with van der Waals surface area (Å²) >= 11 is 0. The molecule has 2 aromatic rings. The van der Waals surface area contributed by atoms with E-state index in [0.717, 1.165) is 42.2 Å². The molecule has 0 saturated carbocycles. The minimum atomic E-state index is 0.169. The predicted molar refractivity (Wildman–Crippen MR) is 106 cm³/mol. The third kappa shape index (κ3) is 4.50. The smallest absolute Gasteiger partial charge is 0.136 e. The van der Waals surface area contributed by atoms with Crippen LogP contribution in [0.1, 0.15) is 51.9 Å². The Kier molecular flexibility index (Phi) is 4.98. The van der Waals surface area contributed by atoms with Gasteiger partial charge in [0.15, 0.2) is 0 Å². The molecule has 0 spiro atoms. The largest absolute Gasteiger partial charge is 0.356 e. The Labute approximate surface area is 151 Å². The van der Waals surface area contributed by atoms with Crippen LogP contribution >= 0.6 is 0 Å². The van der Waals surface area contributed by atoms with Gasteiger partial charge in [-0.2, -0.15) is 0 Å². The maximum atomic E-state index is 4.65. The van der Waals surface area contributed by atoms with E-state index in [9.17, 15) is 0 Å². The molecule has 1 N–H and O–H groups in total. The van der Waals surface area contributed by atoms with Crippen LogP contribution in [0.2, 0.25) is 0 Å². The van der Waals surface area contributed by atoms with Gasteiger partial charge in [-0.25, -0.2) is 9.97 Å². The Morgan fingerprint density at radius 2 is 1.68 bits per heavy atom. The second-order valence-electron chi connectivity index (χ2n) is 8.28. The lowest BCUT2D eigenvalue weighted by molar-refractivity contribution is 0.436. The fourth-order valence-electron chi connectivity index (χ4n) is 3.22. The number of nitrogens with zero attached hydrogens (tertiary/aromatic N) is 3. The third-order valence-electron chi connectivity index (χ3n) is 4.96. The molecule has 1 aliphatic heterocycles. The number of benzene rings is 1. The Bertz CT molecular complexity index is 708. The monoisotopic (exact) mass is 338 g/mol. The number of hydrogen-bond acceptors (Lipinski definition) is 4. The molecule has 0 unspecified atom stereocenters. The molecule has 0 amide bonds. The lowest BCUT2D eigenvalue weighted by atomic mass is 9.87. The SMILES string of the molecule is Cc1nc(Nc2ccc(C(C)(C)C)cc2)cc(N2CCC(C)CC2)n1. The summed E-state index contributed by atoms with van der Waals surface area (Å²) < 4.78 is 0. The van der Waals surface area contributed by atoms with E-state index in [-0.39, 0.29) is 5.41 Å². The molecule has 3 rings (SSSR count). The maximum absolute atomic E-state index is 4.65. The molecule has 1 fully saturated rings. The summed E-state index contributed by atoms with van der Waals surface area (Å²) in [5.74, 6) is 3.53. The molecule has 25 heavy (non-hydrogen) atoms. The molecule has 0 radical (unpaired) electrons. The summed E-state index contributed by atoms with van der Waals surface area (Å²) in [4.78, 5) is 11.6. The average molecular weight is 338 g/mol. The number of hydrogen-bond donors (Lipinski definition) is 1. The number of piperidine rings is 1. The first-order valence-corrected chi connectivity index (χ1v) is 9.29. The van der Waals surface area contributed by atoms with Crippen LogP contribution in [0.5, 0.6) is 0 Å². The predicted octanol–water partition coefficient (Wildman–Crippen LogP) is 5.06. The highest BCUT2D eigenvalue weighted by Gasteiger charge is 2.18. The van der Waals surface area contributed by atoms with Crippen molar-refractivity contribution >= 4 is 17.3 Å². The summed E-state index contributed by atoms with van der Waals surface area (Å²) in [6.45, 7) is 13.1. The van der Waals surface area contributed by atoms with E-state index >= 15 is 0 Å². The molecule has 1 saturated heterocycles. The molecule has 0 bridgehead atoms. The molecule has 0 aliphatic carbocycles. The van der Waals surface area contributed by atoms with Gasteiger partial charge in [-0.1, -0.05) is 39.8 Å². The number of nitrogens with one attached hydrogen (secondary N) is 1. The molecule has 4 nitrogen and oxygen atoms in total. The van der Waals surface area contributed by atoms with E-state index in [2.05, 4.69) is 78.2 Å². The first-order valence-electron chi connectivity index (χ1n) is 9.29. The lowest BCUT2D eigenvalue weighted by Crippen LogP contribution is -2.33. The number of rotatable bonds is 3. The van der Waals surface area contributed by atoms with Gasteiger partial charge in [0.25, 0.3) is 0 Å². The molecule has 1 aromatic carbocycles. The highest BCUT2D eigenvalue weighted by atomic mass is 15.2. The van der Waals surface area contributed by atoms with Crippen molar-refractivity contribution in [2.45, 2.75) is 52.9 Å². The summed E-state index contributed by atoms with van der Waals surface area (Å²) in [5.41, 5.74) is 2.56. The summed E-state index contributed by atoms with van der Waals surface area (Å²) in [7, 11) is 0. The number of aryl methyl sites for hydroxylation is 1. The van der Waals surface area contributed by atoms with Gasteiger partial charge in [0.2, 0.25) is 0 Å². The zero-order chi connectivity index (χ0) is 18.0. The van der Waals surface area contributed by atoms with Crippen molar-refractivity contribution in [3.63, 3.8) is 0 Å². The third-order valence-corrected chi connectivity index (χ3v) is 4.96. The van der Waals surface area contributed by atoms with Crippen LogP contribution in [0.25, 0.3) is 0 Å². The van der Waals surface area contributed by atoms with Gasteiger partial charge >= 0.3 is 0 Å². The second kappa shape index (κ2) is 7.03. The van der Waals surface area contributed by atoms with Crippen LogP contribution in [0, 0.1) is 12.8 Å². The minimum absolute atomic E-state index is 0.169. The van der Waals surface area contributed by atoms with Crippen molar-refractivity contribution in [3.8, 4) is 0 Å². The van der Waals surface area contributed by atoms with E-state index in [1.54, 1.807) is 0 Å². The minimum Gasteiger partial charge on any atom is -0.356 e. The first kappa shape index (κ1) is 17.7. The van der Waals surface area contributed by atoms with Gasteiger partial charge in [0.05, 0.1) is 0 Å². The van der Waals surface area contributed by atoms with Crippen LogP contribution in [-0.2, 0) is 5.41 Å². The highest BCUT2D eigenvalue weighted by molar-refractivity contribution is 5.60. The quantitative estimate of drug-likeness (QED) is 0.849. The van der Waals surface area contributed by atoms with Crippen molar-refractivity contribution in [1.82, 2.24) is 9.97 Å². The van der Waals surface area contributed by atoms with Crippen molar-refractivity contribution in [1.29, 1.82) is 0 Å². The number of aromatic nitrogens is 2. The van der Waals surface area contributed by atoms with E-state index in [1.165, 1.54) is 18.4 Å². The Morgan fingerprint density at radius 1 is 1.04 bits per heavy atom. The lowest BCUT2D eigenvalue weighted by Gasteiger charge is -2.31. The normalized spacial score (nSPS) is 16.1. The van der Waals surface area contributed by atoms with Gasteiger partial charge in [0.1, 0.15) is 17.5 Å². The Hall–Kier alpha value is -2.10. The highest BCUT2D eigenvalue weighted by Crippen LogP contribution is 2.26. The van der Waals surface area contributed by atoms with Gasteiger partial charge in [-0.05, 0) is 48.8 Å². The van der Waals surface area contributed by atoms with E-state index in [1.807, 2.05) is 6.92 Å². The molecule has 0 atom stereocenters. The number of anilines is 3. The Balaban J connectivity index is 1.76. The molecular weight excluding hydrogens is 308 g/mol. The van der Waals surface area contributed by atoms with Crippen molar-refractivity contribution < 1.29 is 0 Å². The first-order chi connectivity index (χ1) is 11.8. The fraction of sp³-hybridized carbons (Fsp3) is 0.524. The van der Waals surface area contributed by atoms with Gasteiger partial charge in [0, 0.05) is 24.8 Å². The average Bonchev–Trinajstić information content (AvgIpc) is 2.54.